The van der Waals surface area contributed by atoms with Crippen LogP contribution in [0.25, 0.3) is 0 Å². The number of rotatable bonds is 3. The fraction of sp³-hybridized carbons (Fsp3) is 0.800. The number of nitrogens with one attached hydrogen (secondary N) is 2. The van der Waals surface area contributed by atoms with Gasteiger partial charge in [0.15, 0.2) is 0 Å². The van der Waals surface area contributed by atoms with Crippen molar-refractivity contribution in [2.24, 2.45) is 0 Å². The maximum Gasteiger partial charge on any atom is 0.239 e. The van der Waals surface area contributed by atoms with E-state index in [0.29, 0.717) is 5.95 Å². The van der Waals surface area contributed by atoms with Crippen LogP contribution in [0.3, 0.4) is 0 Å². The van der Waals surface area contributed by atoms with Crippen LogP contribution in [-0.4, -0.2) is 28.3 Å². The smallest absolute Gasteiger partial charge is 0.239 e. The molecule has 0 aliphatic carbocycles. The van der Waals surface area contributed by atoms with Crippen LogP contribution >= 0.6 is 0 Å². The number of aromatic amines is 1. The Kier molecular flexibility index (Phi) is 2.90. The average molecular weight is 209 g/mol. The van der Waals surface area contributed by atoms with E-state index in [0.717, 1.165) is 38.2 Å². The maximum atomic E-state index is 5.57. The first-order valence-electron chi connectivity index (χ1n) is 5.66. The average Bonchev–Trinajstić information content (AvgIpc) is 2.67. The molecule has 1 fully saturated rings. The van der Waals surface area contributed by atoms with Crippen LogP contribution in [0.2, 0.25) is 0 Å². The van der Waals surface area contributed by atoms with E-state index in [-0.39, 0.29) is 5.41 Å². The van der Waals surface area contributed by atoms with E-state index in [9.17, 15) is 0 Å². The van der Waals surface area contributed by atoms with Crippen LogP contribution in [0.4, 0.5) is 5.95 Å². The van der Waals surface area contributed by atoms with Crippen molar-refractivity contribution in [2.75, 3.05) is 18.8 Å². The van der Waals surface area contributed by atoms with Gasteiger partial charge in [-0.25, -0.2) is 0 Å². The molecule has 0 unspecified atom stereocenters. The van der Waals surface area contributed by atoms with Crippen molar-refractivity contribution in [1.29, 1.82) is 0 Å². The lowest BCUT2D eigenvalue weighted by atomic mass is 9.75. The highest BCUT2D eigenvalue weighted by atomic mass is 15.3. The molecule has 5 nitrogen and oxygen atoms in total. The zero-order valence-corrected chi connectivity index (χ0v) is 9.21. The SMILES string of the molecule is CCCC1(c2nc(N)n[nH]2)CCNCC1. The summed E-state index contributed by atoms with van der Waals surface area (Å²) in [5.41, 5.74) is 5.74. The highest BCUT2D eigenvalue weighted by Crippen LogP contribution is 2.35. The van der Waals surface area contributed by atoms with Crippen LogP contribution in [-0.2, 0) is 5.41 Å². The van der Waals surface area contributed by atoms with E-state index in [2.05, 4.69) is 27.4 Å². The highest BCUT2D eigenvalue weighted by Gasteiger charge is 2.35. The molecule has 84 valence electrons. The van der Waals surface area contributed by atoms with Crippen LogP contribution in [0.15, 0.2) is 0 Å². The lowest BCUT2D eigenvalue weighted by Crippen LogP contribution is -2.40. The number of aromatic nitrogens is 3. The number of nitrogen functional groups attached to an aromatic ring is 1. The fourth-order valence-corrected chi connectivity index (χ4v) is 2.50. The number of anilines is 1. The third-order valence-electron chi connectivity index (χ3n) is 3.29. The first kappa shape index (κ1) is 10.4. The number of hydrogen-bond acceptors (Lipinski definition) is 4. The normalized spacial score (nSPS) is 20.3. The van der Waals surface area contributed by atoms with Gasteiger partial charge >= 0.3 is 0 Å². The molecular weight excluding hydrogens is 190 g/mol. The summed E-state index contributed by atoms with van der Waals surface area (Å²) in [7, 11) is 0. The van der Waals surface area contributed by atoms with E-state index >= 15 is 0 Å². The zero-order chi connectivity index (χ0) is 10.7. The molecule has 15 heavy (non-hydrogen) atoms. The van der Waals surface area contributed by atoms with Gasteiger partial charge in [-0.3, -0.25) is 5.10 Å². The zero-order valence-electron chi connectivity index (χ0n) is 9.21. The van der Waals surface area contributed by atoms with Gasteiger partial charge in [0.05, 0.1) is 0 Å². The molecule has 0 saturated carbocycles. The summed E-state index contributed by atoms with van der Waals surface area (Å²) in [6.07, 6.45) is 4.56. The molecule has 0 radical (unpaired) electrons. The number of H-pyrrole nitrogens is 1. The maximum absolute atomic E-state index is 5.57. The Hall–Kier alpha value is -1.10. The lowest BCUT2D eigenvalue weighted by Gasteiger charge is -2.35. The van der Waals surface area contributed by atoms with Crippen molar-refractivity contribution in [3.8, 4) is 0 Å². The van der Waals surface area contributed by atoms with E-state index in [1.807, 2.05) is 0 Å². The molecule has 0 atom stereocenters. The fourth-order valence-electron chi connectivity index (χ4n) is 2.50. The number of hydrogen-bond donors (Lipinski definition) is 3. The molecule has 0 aromatic carbocycles. The molecule has 1 saturated heterocycles. The summed E-state index contributed by atoms with van der Waals surface area (Å²) in [5, 5.41) is 10.3. The number of nitrogens with two attached hydrogens (primary N) is 1. The molecule has 5 heteroatoms. The summed E-state index contributed by atoms with van der Waals surface area (Å²) in [4.78, 5) is 4.31. The third-order valence-corrected chi connectivity index (χ3v) is 3.29. The van der Waals surface area contributed by atoms with Crippen molar-refractivity contribution < 1.29 is 0 Å². The van der Waals surface area contributed by atoms with Crippen LogP contribution in [0.5, 0.6) is 0 Å². The summed E-state index contributed by atoms with van der Waals surface area (Å²) >= 11 is 0. The number of nitrogens with zero attached hydrogens (tertiary/aromatic N) is 2. The Morgan fingerprint density at radius 1 is 1.40 bits per heavy atom. The van der Waals surface area contributed by atoms with Gasteiger partial charge < -0.3 is 11.1 Å². The van der Waals surface area contributed by atoms with Gasteiger partial charge in [0.1, 0.15) is 5.82 Å². The van der Waals surface area contributed by atoms with Crippen molar-refractivity contribution in [1.82, 2.24) is 20.5 Å². The second kappa shape index (κ2) is 4.18. The Bertz CT molecular complexity index is 308. The molecule has 1 aliphatic rings. The molecule has 2 heterocycles. The Labute approximate surface area is 89.9 Å². The van der Waals surface area contributed by atoms with Gasteiger partial charge in [-0.15, -0.1) is 5.10 Å². The molecule has 0 bridgehead atoms. The minimum Gasteiger partial charge on any atom is -0.367 e. The summed E-state index contributed by atoms with van der Waals surface area (Å²) in [5.74, 6) is 1.34. The lowest BCUT2D eigenvalue weighted by molar-refractivity contribution is 0.271. The second-order valence-corrected chi connectivity index (χ2v) is 4.32. The van der Waals surface area contributed by atoms with E-state index in [1.54, 1.807) is 0 Å². The van der Waals surface area contributed by atoms with Crippen LogP contribution < -0.4 is 11.1 Å². The molecule has 4 N–H and O–H groups in total. The largest absolute Gasteiger partial charge is 0.367 e. The van der Waals surface area contributed by atoms with E-state index in [1.165, 1.54) is 6.42 Å². The van der Waals surface area contributed by atoms with Gasteiger partial charge in [-0.1, -0.05) is 13.3 Å². The van der Waals surface area contributed by atoms with Crippen molar-refractivity contribution in [3.05, 3.63) is 5.82 Å². The van der Waals surface area contributed by atoms with Crippen molar-refractivity contribution in [2.45, 2.75) is 38.0 Å². The summed E-state index contributed by atoms with van der Waals surface area (Å²) in [6.45, 7) is 4.32. The van der Waals surface area contributed by atoms with Crippen molar-refractivity contribution >= 4 is 5.95 Å². The Morgan fingerprint density at radius 3 is 2.67 bits per heavy atom. The Morgan fingerprint density at radius 2 is 2.13 bits per heavy atom. The minimum absolute atomic E-state index is 0.171. The number of piperidine rings is 1. The summed E-state index contributed by atoms with van der Waals surface area (Å²) in [6, 6.07) is 0. The molecular formula is C10H19N5. The van der Waals surface area contributed by atoms with Crippen molar-refractivity contribution in [3.63, 3.8) is 0 Å². The predicted octanol–water partition coefficient (Wildman–Crippen LogP) is 0.808. The van der Waals surface area contributed by atoms with Gasteiger partial charge in [0, 0.05) is 5.41 Å². The first-order valence-corrected chi connectivity index (χ1v) is 5.66. The molecule has 1 aliphatic heterocycles. The quantitative estimate of drug-likeness (QED) is 0.688. The van der Waals surface area contributed by atoms with Gasteiger partial charge in [0.2, 0.25) is 5.95 Å². The Balaban J connectivity index is 2.24. The van der Waals surface area contributed by atoms with E-state index < -0.39 is 0 Å². The highest BCUT2D eigenvalue weighted by molar-refractivity contribution is 5.19. The topological polar surface area (TPSA) is 79.6 Å². The standard InChI is InChI=1S/C10H19N5/c1-2-3-10(4-6-12-7-5-10)8-13-9(11)15-14-8/h12H,2-7H2,1H3,(H3,11,13,14,15). The molecule has 0 amide bonds. The minimum atomic E-state index is 0.171. The van der Waals surface area contributed by atoms with Gasteiger partial charge in [-0.2, -0.15) is 4.98 Å². The molecule has 1 aromatic rings. The third kappa shape index (κ3) is 1.97. The van der Waals surface area contributed by atoms with Gasteiger partial charge in [0.25, 0.3) is 0 Å². The monoisotopic (exact) mass is 209 g/mol. The second-order valence-electron chi connectivity index (χ2n) is 4.32. The molecule has 2 rings (SSSR count). The van der Waals surface area contributed by atoms with Gasteiger partial charge in [-0.05, 0) is 32.4 Å². The van der Waals surface area contributed by atoms with E-state index in [4.69, 9.17) is 5.73 Å². The molecule has 1 aromatic heterocycles. The van der Waals surface area contributed by atoms with Crippen LogP contribution in [0.1, 0.15) is 38.4 Å². The predicted molar refractivity (Wildman–Crippen MR) is 59.5 cm³/mol. The first-order chi connectivity index (χ1) is 7.27. The molecule has 0 spiro atoms. The summed E-state index contributed by atoms with van der Waals surface area (Å²) < 4.78 is 0. The van der Waals surface area contributed by atoms with Crippen LogP contribution in [0, 0.1) is 0 Å².